The van der Waals surface area contributed by atoms with Crippen molar-refractivity contribution in [1.29, 1.82) is 0 Å². The van der Waals surface area contributed by atoms with Crippen molar-refractivity contribution in [3.63, 3.8) is 0 Å². The molecule has 0 aliphatic rings. The Labute approximate surface area is 67.6 Å². The zero-order chi connectivity index (χ0) is 9.07. The van der Waals surface area contributed by atoms with E-state index >= 15 is 0 Å². The minimum absolute atomic E-state index is 0.0378. The number of ketones is 1. The third kappa shape index (κ3) is 4.93. The summed E-state index contributed by atoms with van der Waals surface area (Å²) in [4.78, 5) is 11.1. The summed E-state index contributed by atoms with van der Waals surface area (Å²) in [5.74, 6) is -0.0694. The topological polar surface area (TPSA) is 63.3 Å². The Morgan fingerprint density at radius 2 is 2.00 bits per heavy atom. The number of carbonyl (C=O) groups excluding carboxylic acids is 1. The van der Waals surface area contributed by atoms with Crippen molar-refractivity contribution in [1.82, 2.24) is 0 Å². The maximum atomic E-state index is 11.1. The molecule has 0 aliphatic carbocycles. The van der Waals surface area contributed by atoms with Crippen molar-refractivity contribution < 1.29 is 9.90 Å². The summed E-state index contributed by atoms with van der Waals surface area (Å²) in [6, 6.07) is -0.700. The van der Waals surface area contributed by atoms with Crippen LogP contribution in [0.15, 0.2) is 0 Å². The molecule has 66 valence electrons. The van der Waals surface area contributed by atoms with E-state index in [-0.39, 0.29) is 17.8 Å². The van der Waals surface area contributed by atoms with Crippen molar-refractivity contribution in [2.24, 2.45) is 11.1 Å². The van der Waals surface area contributed by atoms with Gasteiger partial charge in [-0.05, 0) is 5.41 Å². The normalized spacial score (nSPS) is 14.6. The number of aliphatic hydroxyl groups excluding tert-OH is 1. The highest BCUT2D eigenvalue weighted by Gasteiger charge is 2.20. The molecule has 0 aromatic heterocycles. The maximum Gasteiger partial charge on any atom is 0.152 e. The van der Waals surface area contributed by atoms with Crippen LogP contribution in [0, 0.1) is 5.41 Å². The Morgan fingerprint density at radius 3 is 2.27 bits per heavy atom. The monoisotopic (exact) mass is 159 g/mol. The second-order valence-corrected chi connectivity index (χ2v) is 3.99. The largest absolute Gasteiger partial charge is 0.394 e. The van der Waals surface area contributed by atoms with Gasteiger partial charge in [0.25, 0.3) is 0 Å². The number of hydrogen-bond donors (Lipinski definition) is 2. The third-order valence-electron chi connectivity index (χ3n) is 1.31. The van der Waals surface area contributed by atoms with Gasteiger partial charge in [0.15, 0.2) is 5.78 Å². The third-order valence-corrected chi connectivity index (χ3v) is 1.31. The fourth-order valence-corrected chi connectivity index (χ4v) is 0.756. The molecule has 3 nitrogen and oxygen atoms in total. The van der Waals surface area contributed by atoms with Gasteiger partial charge >= 0.3 is 0 Å². The predicted molar refractivity (Wildman–Crippen MR) is 44.1 cm³/mol. The maximum absolute atomic E-state index is 11.1. The first-order valence-electron chi connectivity index (χ1n) is 3.76. The Kier molecular flexibility index (Phi) is 3.69. The Morgan fingerprint density at radius 1 is 1.55 bits per heavy atom. The van der Waals surface area contributed by atoms with Crippen LogP contribution in [0.4, 0.5) is 0 Å². The summed E-state index contributed by atoms with van der Waals surface area (Å²) in [6.45, 7) is 5.65. The molecule has 1 unspecified atom stereocenters. The molecule has 0 aromatic carbocycles. The number of carbonyl (C=O) groups is 1. The molecule has 1 atom stereocenters. The van der Waals surface area contributed by atoms with Crippen molar-refractivity contribution in [2.75, 3.05) is 6.61 Å². The quantitative estimate of drug-likeness (QED) is 0.623. The average Bonchev–Trinajstić information content (AvgIpc) is 1.82. The highest BCUT2D eigenvalue weighted by Crippen LogP contribution is 2.18. The first kappa shape index (κ1) is 10.6. The number of Topliss-reactive ketones (excluding diaryl/α,β-unsaturated/α-hetero) is 1. The van der Waals surface area contributed by atoms with E-state index in [1.54, 1.807) is 0 Å². The molecule has 3 heteroatoms. The molecule has 0 aromatic rings. The van der Waals surface area contributed by atoms with Crippen LogP contribution in [-0.2, 0) is 4.79 Å². The minimum atomic E-state index is -0.700. The molecule has 0 aliphatic heterocycles. The van der Waals surface area contributed by atoms with Crippen LogP contribution in [0.1, 0.15) is 27.2 Å². The van der Waals surface area contributed by atoms with Gasteiger partial charge in [-0.15, -0.1) is 0 Å². The van der Waals surface area contributed by atoms with Gasteiger partial charge in [0.2, 0.25) is 0 Å². The van der Waals surface area contributed by atoms with Crippen LogP contribution < -0.4 is 5.73 Å². The van der Waals surface area contributed by atoms with Crippen molar-refractivity contribution in [3.8, 4) is 0 Å². The molecule has 0 spiro atoms. The summed E-state index contributed by atoms with van der Waals surface area (Å²) >= 11 is 0. The molecular weight excluding hydrogens is 142 g/mol. The highest BCUT2D eigenvalue weighted by atomic mass is 16.3. The zero-order valence-corrected chi connectivity index (χ0v) is 7.42. The summed E-state index contributed by atoms with van der Waals surface area (Å²) in [5, 5.41) is 8.56. The molecule has 0 rings (SSSR count). The molecule has 0 radical (unpaired) electrons. The Balaban J connectivity index is 3.88. The van der Waals surface area contributed by atoms with Gasteiger partial charge in [-0.3, -0.25) is 4.79 Å². The van der Waals surface area contributed by atoms with E-state index in [1.165, 1.54) is 0 Å². The fourth-order valence-electron chi connectivity index (χ4n) is 0.756. The Bertz CT molecular complexity index is 138. The predicted octanol–water partition coefficient (Wildman–Crippen LogP) is 0.311. The lowest BCUT2D eigenvalue weighted by molar-refractivity contribution is -0.122. The molecule has 0 heterocycles. The lowest BCUT2D eigenvalue weighted by Gasteiger charge is -2.18. The summed E-state index contributed by atoms with van der Waals surface area (Å²) in [7, 11) is 0. The van der Waals surface area contributed by atoms with Crippen LogP contribution in [-0.4, -0.2) is 23.5 Å². The molecule has 3 N–H and O–H groups in total. The molecule has 0 saturated heterocycles. The summed E-state index contributed by atoms with van der Waals surface area (Å²) in [5.41, 5.74) is 5.29. The van der Waals surface area contributed by atoms with E-state index in [2.05, 4.69) is 0 Å². The molecule has 0 saturated carbocycles. The van der Waals surface area contributed by atoms with Gasteiger partial charge < -0.3 is 10.8 Å². The zero-order valence-electron chi connectivity index (χ0n) is 7.42. The second-order valence-electron chi connectivity index (χ2n) is 3.99. The van der Waals surface area contributed by atoms with Gasteiger partial charge in [0.05, 0.1) is 12.6 Å². The highest BCUT2D eigenvalue weighted by molar-refractivity contribution is 5.84. The number of aliphatic hydroxyl groups is 1. The van der Waals surface area contributed by atoms with Gasteiger partial charge in [-0.2, -0.15) is 0 Å². The molecule has 0 amide bonds. The summed E-state index contributed by atoms with van der Waals surface area (Å²) < 4.78 is 0. The molecular formula is C8H17NO2. The lowest BCUT2D eigenvalue weighted by Crippen LogP contribution is -2.36. The van der Waals surface area contributed by atoms with Crippen LogP contribution in [0.25, 0.3) is 0 Å². The summed E-state index contributed by atoms with van der Waals surface area (Å²) in [6.07, 6.45) is 0.425. The average molecular weight is 159 g/mol. The standard InChI is InChI=1S/C8H17NO2/c1-8(2,3)4-7(11)6(9)5-10/h6,10H,4-5,9H2,1-3H3. The van der Waals surface area contributed by atoms with Gasteiger partial charge in [-0.25, -0.2) is 0 Å². The van der Waals surface area contributed by atoms with E-state index in [0.29, 0.717) is 6.42 Å². The van der Waals surface area contributed by atoms with Crippen LogP contribution in [0.5, 0.6) is 0 Å². The van der Waals surface area contributed by atoms with E-state index in [4.69, 9.17) is 10.8 Å². The van der Waals surface area contributed by atoms with Crippen LogP contribution in [0.2, 0.25) is 0 Å². The smallest absolute Gasteiger partial charge is 0.152 e. The first-order chi connectivity index (χ1) is 4.87. The van der Waals surface area contributed by atoms with E-state index < -0.39 is 6.04 Å². The fraction of sp³-hybridized carbons (Fsp3) is 0.875. The minimum Gasteiger partial charge on any atom is -0.394 e. The van der Waals surface area contributed by atoms with Crippen LogP contribution >= 0.6 is 0 Å². The molecule has 11 heavy (non-hydrogen) atoms. The molecule has 0 bridgehead atoms. The second kappa shape index (κ2) is 3.83. The lowest BCUT2D eigenvalue weighted by atomic mass is 9.88. The first-order valence-corrected chi connectivity index (χ1v) is 3.76. The van der Waals surface area contributed by atoms with E-state index in [0.717, 1.165) is 0 Å². The van der Waals surface area contributed by atoms with Gasteiger partial charge in [0, 0.05) is 6.42 Å². The number of nitrogens with two attached hydrogens (primary N) is 1. The van der Waals surface area contributed by atoms with Gasteiger partial charge in [-0.1, -0.05) is 20.8 Å². The van der Waals surface area contributed by atoms with Crippen LogP contribution in [0.3, 0.4) is 0 Å². The Hall–Kier alpha value is -0.410. The van der Waals surface area contributed by atoms with Crippen molar-refractivity contribution >= 4 is 5.78 Å². The number of rotatable bonds is 3. The number of hydrogen-bond acceptors (Lipinski definition) is 3. The van der Waals surface area contributed by atoms with Crippen molar-refractivity contribution in [3.05, 3.63) is 0 Å². The van der Waals surface area contributed by atoms with Crippen molar-refractivity contribution in [2.45, 2.75) is 33.2 Å². The SMILES string of the molecule is CC(C)(C)CC(=O)C(N)CO. The van der Waals surface area contributed by atoms with Gasteiger partial charge in [0.1, 0.15) is 0 Å². The van der Waals surface area contributed by atoms with E-state index in [9.17, 15) is 4.79 Å². The molecule has 0 fully saturated rings. The van der Waals surface area contributed by atoms with E-state index in [1.807, 2.05) is 20.8 Å².